The van der Waals surface area contributed by atoms with Crippen LogP contribution < -0.4 is 10.6 Å². The lowest BCUT2D eigenvalue weighted by Gasteiger charge is -2.13. The van der Waals surface area contributed by atoms with Crippen LogP contribution in [0.15, 0.2) is 12.7 Å². The summed E-state index contributed by atoms with van der Waals surface area (Å²) in [5, 5.41) is 6.29. The Hall–Kier alpha value is -0.540. The highest BCUT2D eigenvalue weighted by atomic mass is 35.5. The van der Waals surface area contributed by atoms with E-state index in [-0.39, 0.29) is 24.4 Å². The quantitative estimate of drug-likeness (QED) is 0.703. The Morgan fingerprint density at radius 3 is 3.00 bits per heavy atom. The first-order chi connectivity index (χ1) is 7.22. The molecular formula is C12H23ClN2O. The van der Waals surface area contributed by atoms with E-state index in [2.05, 4.69) is 17.2 Å². The lowest BCUT2D eigenvalue weighted by molar-refractivity contribution is -0.121. The second-order valence-electron chi connectivity index (χ2n) is 4.39. The number of hydrogen-bond acceptors (Lipinski definition) is 2. The van der Waals surface area contributed by atoms with Crippen molar-refractivity contribution in [2.24, 2.45) is 5.92 Å². The van der Waals surface area contributed by atoms with E-state index in [4.69, 9.17) is 0 Å². The van der Waals surface area contributed by atoms with Gasteiger partial charge in [0, 0.05) is 12.5 Å². The van der Waals surface area contributed by atoms with Crippen molar-refractivity contribution in [2.45, 2.75) is 38.6 Å². The van der Waals surface area contributed by atoms with Gasteiger partial charge in [-0.15, -0.1) is 19.0 Å². The second kappa shape index (κ2) is 8.59. The fraction of sp³-hybridized carbons (Fsp3) is 0.750. The SMILES string of the molecule is C=CCC(C)NC(=O)CCC1CCNC1.Cl. The molecule has 1 heterocycles. The van der Waals surface area contributed by atoms with Crippen LogP contribution in [0.1, 0.15) is 32.6 Å². The number of nitrogens with one attached hydrogen (secondary N) is 2. The summed E-state index contributed by atoms with van der Waals surface area (Å²) >= 11 is 0. The molecule has 1 rings (SSSR count). The van der Waals surface area contributed by atoms with E-state index in [1.54, 1.807) is 0 Å². The normalized spacial score (nSPS) is 20.9. The van der Waals surface area contributed by atoms with Gasteiger partial charge in [-0.25, -0.2) is 0 Å². The van der Waals surface area contributed by atoms with Crippen LogP contribution in [0, 0.1) is 5.92 Å². The molecule has 2 atom stereocenters. The van der Waals surface area contributed by atoms with Gasteiger partial charge in [-0.2, -0.15) is 0 Å². The zero-order valence-electron chi connectivity index (χ0n) is 10.00. The molecule has 1 saturated heterocycles. The molecule has 0 aromatic rings. The fourth-order valence-corrected chi connectivity index (χ4v) is 1.95. The smallest absolute Gasteiger partial charge is 0.220 e. The van der Waals surface area contributed by atoms with E-state index < -0.39 is 0 Å². The number of rotatable bonds is 6. The summed E-state index contributed by atoms with van der Waals surface area (Å²) < 4.78 is 0. The monoisotopic (exact) mass is 246 g/mol. The van der Waals surface area contributed by atoms with E-state index in [1.807, 2.05) is 13.0 Å². The Balaban J connectivity index is 0.00000225. The summed E-state index contributed by atoms with van der Waals surface area (Å²) in [6.45, 7) is 7.86. The molecule has 0 aliphatic carbocycles. The molecule has 0 bridgehead atoms. The van der Waals surface area contributed by atoms with Crippen molar-refractivity contribution in [3.63, 3.8) is 0 Å². The van der Waals surface area contributed by atoms with Crippen LogP contribution in [-0.4, -0.2) is 25.0 Å². The van der Waals surface area contributed by atoms with E-state index in [1.165, 1.54) is 6.42 Å². The molecule has 0 radical (unpaired) electrons. The van der Waals surface area contributed by atoms with Crippen molar-refractivity contribution in [1.29, 1.82) is 0 Å². The molecule has 1 aliphatic heterocycles. The molecule has 0 aromatic heterocycles. The first-order valence-corrected chi connectivity index (χ1v) is 5.83. The highest BCUT2D eigenvalue weighted by Gasteiger charge is 2.15. The van der Waals surface area contributed by atoms with Crippen molar-refractivity contribution >= 4 is 18.3 Å². The van der Waals surface area contributed by atoms with Gasteiger partial charge < -0.3 is 10.6 Å². The van der Waals surface area contributed by atoms with Crippen LogP contribution in [0.5, 0.6) is 0 Å². The van der Waals surface area contributed by atoms with Crippen LogP contribution in [-0.2, 0) is 4.79 Å². The van der Waals surface area contributed by atoms with Gasteiger partial charge in [0.15, 0.2) is 0 Å². The van der Waals surface area contributed by atoms with Gasteiger partial charge in [-0.1, -0.05) is 6.08 Å². The maximum absolute atomic E-state index is 11.5. The van der Waals surface area contributed by atoms with Crippen molar-refractivity contribution < 1.29 is 4.79 Å². The number of hydrogen-bond donors (Lipinski definition) is 2. The molecule has 94 valence electrons. The minimum atomic E-state index is 0. The molecular weight excluding hydrogens is 224 g/mol. The molecule has 0 aromatic carbocycles. The van der Waals surface area contributed by atoms with Crippen molar-refractivity contribution in [3.05, 3.63) is 12.7 Å². The van der Waals surface area contributed by atoms with E-state index in [0.717, 1.165) is 25.9 Å². The van der Waals surface area contributed by atoms with Gasteiger partial charge in [-0.05, 0) is 45.2 Å². The lowest BCUT2D eigenvalue weighted by atomic mass is 10.0. The summed E-state index contributed by atoms with van der Waals surface area (Å²) in [5.41, 5.74) is 0. The first kappa shape index (κ1) is 15.5. The maximum Gasteiger partial charge on any atom is 0.220 e. The highest BCUT2D eigenvalue weighted by Crippen LogP contribution is 2.14. The van der Waals surface area contributed by atoms with E-state index in [9.17, 15) is 4.79 Å². The van der Waals surface area contributed by atoms with Crippen LogP contribution in [0.4, 0.5) is 0 Å². The molecule has 0 spiro atoms. The maximum atomic E-state index is 11.5. The first-order valence-electron chi connectivity index (χ1n) is 5.83. The van der Waals surface area contributed by atoms with E-state index in [0.29, 0.717) is 12.3 Å². The molecule has 0 saturated carbocycles. The van der Waals surface area contributed by atoms with Crippen LogP contribution in [0.3, 0.4) is 0 Å². The summed E-state index contributed by atoms with van der Waals surface area (Å²) in [5.74, 6) is 0.877. The van der Waals surface area contributed by atoms with E-state index >= 15 is 0 Å². The Bertz CT molecular complexity index is 215. The van der Waals surface area contributed by atoms with Crippen molar-refractivity contribution in [1.82, 2.24) is 10.6 Å². The zero-order chi connectivity index (χ0) is 11.1. The topological polar surface area (TPSA) is 41.1 Å². The molecule has 16 heavy (non-hydrogen) atoms. The Morgan fingerprint density at radius 2 is 2.44 bits per heavy atom. The summed E-state index contributed by atoms with van der Waals surface area (Å²) in [4.78, 5) is 11.5. The molecule has 3 nitrogen and oxygen atoms in total. The molecule has 1 amide bonds. The van der Waals surface area contributed by atoms with Crippen LogP contribution in [0.25, 0.3) is 0 Å². The molecule has 2 unspecified atom stereocenters. The average molecular weight is 247 g/mol. The number of carbonyl (C=O) groups is 1. The average Bonchev–Trinajstić information content (AvgIpc) is 2.67. The summed E-state index contributed by atoms with van der Waals surface area (Å²) in [7, 11) is 0. The fourth-order valence-electron chi connectivity index (χ4n) is 1.95. The van der Waals surface area contributed by atoms with Crippen LogP contribution >= 0.6 is 12.4 Å². The molecule has 2 N–H and O–H groups in total. The van der Waals surface area contributed by atoms with Gasteiger partial charge in [0.1, 0.15) is 0 Å². The summed E-state index contributed by atoms with van der Waals surface area (Å²) in [6.07, 6.45) is 5.57. The number of carbonyl (C=O) groups excluding carboxylic acids is 1. The predicted molar refractivity (Wildman–Crippen MR) is 69.9 cm³/mol. The van der Waals surface area contributed by atoms with Gasteiger partial charge in [0.25, 0.3) is 0 Å². The number of amides is 1. The third-order valence-corrected chi connectivity index (χ3v) is 2.87. The molecule has 1 aliphatic rings. The minimum Gasteiger partial charge on any atom is -0.353 e. The molecule has 4 heteroatoms. The minimum absolute atomic E-state index is 0. The lowest BCUT2D eigenvalue weighted by Crippen LogP contribution is -2.32. The third kappa shape index (κ3) is 6.13. The Kier molecular flexibility index (Phi) is 8.30. The Morgan fingerprint density at radius 1 is 1.69 bits per heavy atom. The van der Waals surface area contributed by atoms with Gasteiger partial charge >= 0.3 is 0 Å². The predicted octanol–water partition coefficient (Wildman–Crippen LogP) is 1.88. The van der Waals surface area contributed by atoms with Gasteiger partial charge in [0.05, 0.1) is 0 Å². The van der Waals surface area contributed by atoms with Gasteiger partial charge in [0.2, 0.25) is 5.91 Å². The Labute approximate surface area is 104 Å². The second-order valence-corrected chi connectivity index (χ2v) is 4.39. The van der Waals surface area contributed by atoms with Crippen LogP contribution in [0.2, 0.25) is 0 Å². The standard InChI is InChI=1S/C12H22N2O.ClH/c1-3-4-10(2)14-12(15)6-5-11-7-8-13-9-11;/h3,10-11,13H,1,4-9H2,2H3,(H,14,15);1H. The largest absolute Gasteiger partial charge is 0.353 e. The third-order valence-electron chi connectivity index (χ3n) is 2.87. The van der Waals surface area contributed by atoms with Crippen molar-refractivity contribution in [2.75, 3.05) is 13.1 Å². The van der Waals surface area contributed by atoms with Crippen molar-refractivity contribution in [3.8, 4) is 0 Å². The van der Waals surface area contributed by atoms with Gasteiger partial charge in [-0.3, -0.25) is 4.79 Å². The number of halogens is 1. The molecule has 1 fully saturated rings. The zero-order valence-corrected chi connectivity index (χ0v) is 10.8. The summed E-state index contributed by atoms with van der Waals surface area (Å²) in [6, 6.07) is 0.219. The highest BCUT2D eigenvalue weighted by molar-refractivity contribution is 5.85.